The Labute approximate surface area is 167 Å². The molecular weight excluding hydrogens is 372 g/mol. The number of hydrogen-bond donors (Lipinski definition) is 0. The fourth-order valence-corrected chi connectivity index (χ4v) is 4.44. The Kier molecular flexibility index (Phi) is 4.77. The number of methoxy groups -OCH3 is 1. The van der Waals surface area contributed by atoms with Gasteiger partial charge in [-0.2, -0.15) is 0 Å². The van der Waals surface area contributed by atoms with Gasteiger partial charge in [-0.1, -0.05) is 6.92 Å². The fourth-order valence-electron chi connectivity index (χ4n) is 3.40. The van der Waals surface area contributed by atoms with Crippen LogP contribution in [0.1, 0.15) is 19.2 Å². The first kappa shape index (κ1) is 18.4. The molecule has 0 saturated carbocycles. The maximum Gasteiger partial charge on any atom is 0.276 e. The zero-order chi connectivity index (χ0) is 19.8. The summed E-state index contributed by atoms with van der Waals surface area (Å²) in [6, 6.07) is 9.47. The third-order valence-corrected chi connectivity index (χ3v) is 5.80. The molecule has 0 radical (unpaired) electrons. The number of rotatable bonds is 5. The van der Waals surface area contributed by atoms with Gasteiger partial charge in [0.1, 0.15) is 26.6 Å². The van der Waals surface area contributed by atoms with Crippen LogP contribution in [0.25, 0.3) is 26.1 Å². The molecule has 1 aromatic carbocycles. The number of aromatic nitrogens is 3. The van der Waals surface area contributed by atoms with Crippen LogP contribution in [0.3, 0.4) is 0 Å². The van der Waals surface area contributed by atoms with Gasteiger partial charge in [0.15, 0.2) is 0 Å². The minimum Gasteiger partial charge on any atom is -0.497 e. The lowest BCUT2D eigenvalue weighted by molar-refractivity contribution is 0.414. The highest BCUT2D eigenvalue weighted by molar-refractivity contribution is 7.25. The molecule has 0 fully saturated rings. The molecule has 28 heavy (non-hydrogen) atoms. The van der Waals surface area contributed by atoms with Gasteiger partial charge in [-0.3, -0.25) is 9.36 Å². The van der Waals surface area contributed by atoms with Crippen LogP contribution in [0.5, 0.6) is 5.75 Å². The van der Waals surface area contributed by atoms with E-state index in [2.05, 4.69) is 11.9 Å². The molecule has 0 spiro atoms. The van der Waals surface area contributed by atoms with E-state index in [0.29, 0.717) is 11.1 Å². The first-order chi connectivity index (χ1) is 13.5. The molecule has 0 aliphatic carbocycles. The summed E-state index contributed by atoms with van der Waals surface area (Å²) in [5, 5.41) is 0.948. The number of thiophene rings is 1. The van der Waals surface area contributed by atoms with Crippen molar-refractivity contribution in [3.63, 3.8) is 0 Å². The van der Waals surface area contributed by atoms with Crippen molar-refractivity contribution in [2.75, 3.05) is 26.1 Å². The average Bonchev–Trinajstić information content (AvgIpc) is 3.08. The average molecular weight is 395 g/mol. The maximum absolute atomic E-state index is 13.5. The van der Waals surface area contributed by atoms with Crippen molar-refractivity contribution < 1.29 is 4.74 Å². The highest BCUT2D eigenvalue weighted by atomic mass is 32.1. The van der Waals surface area contributed by atoms with Gasteiger partial charge in [-0.25, -0.2) is 9.97 Å². The van der Waals surface area contributed by atoms with Crippen molar-refractivity contribution in [1.82, 2.24) is 14.5 Å². The summed E-state index contributed by atoms with van der Waals surface area (Å²) < 4.78 is 7.60. The molecule has 3 aromatic heterocycles. The second kappa shape index (κ2) is 7.24. The smallest absolute Gasteiger partial charge is 0.276 e. The molecule has 0 aliphatic rings. The molecule has 0 atom stereocenters. The van der Waals surface area contributed by atoms with E-state index >= 15 is 0 Å². The van der Waals surface area contributed by atoms with Gasteiger partial charge in [0, 0.05) is 26.7 Å². The Morgan fingerprint density at radius 3 is 2.57 bits per heavy atom. The van der Waals surface area contributed by atoms with E-state index < -0.39 is 0 Å². The first-order valence-corrected chi connectivity index (χ1v) is 10.0. The van der Waals surface area contributed by atoms with Crippen molar-refractivity contribution in [1.29, 1.82) is 0 Å². The van der Waals surface area contributed by atoms with E-state index in [0.717, 1.165) is 45.1 Å². The van der Waals surface area contributed by atoms with Crippen LogP contribution in [-0.2, 0) is 6.42 Å². The number of fused-ring (bicyclic) bond motifs is 3. The van der Waals surface area contributed by atoms with E-state index in [-0.39, 0.29) is 5.56 Å². The lowest BCUT2D eigenvalue weighted by atomic mass is 10.2. The second-order valence-electron chi connectivity index (χ2n) is 6.80. The fraction of sp³-hybridized carbons (Fsp3) is 0.286. The lowest BCUT2D eigenvalue weighted by Crippen LogP contribution is -2.23. The minimum atomic E-state index is -0.0497. The Morgan fingerprint density at radius 1 is 1.18 bits per heavy atom. The van der Waals surface area contributed by atoms with Gasteiger partial charge in [-0.05, 0) is 36.8 Å². The van der Waals surface area contributed by atoms with Crippen LogP contribution in [0.15, 0.2) is 41.3 Å². The van der Waals surface area contributed by atoms with E-state index in [9.17, 15) is 4.79 Å². The SMILES string of the molecule is CCCc1nc2c(sc3nccc(N(C)C)c32)c(=O)n1-c1ccc(OC)cc1. The third kappa shape index (κ3) is 2.92. The number of anilines is 1. The molecular formula is C21H22N4O2S. The largest absolute Gasteiger partial charge is 0.497 e. The summed E-state index contributed by atoms with van der Waals surface area (Å²) in [4.78, 5) is 25.8. The summed E-state index contributed by atoms with van der Waals surface area (Å²) in [5.74, 6) is 1.52. The van der Waals surface area contributed by atoms with E-state index in [1.165, 1.54) is 11.3 Å². The molecule has 0 saturated heterocycles. The predicted octanol–water partition coefficient (Wildman–Crippen LogP) is 4.02. The van der Waals surface area contributed by atoms with Crippen LogP contribution in [0, 0.1) is 0 Å². The Bertz CT molecular complexity index is 1210. The van der Waals surface area contributed by atoms with Crippen LogP contribution in [0.4, 0.5) is 5.69 Å². The van der Waals surface area contributed by atoms with Gasteiger partial charge >= 0.3 is 0 Å². The van der Waals surface area contributed by atoms with Crippen LogP contribution in [0.2, 0.25) is 0 Å². The topological polar surface area (TPSA) is 60.2 Å². The first-order valence-electron chi connectivity index (χ1n) is 9.20. The number of pyridine rings is 1. The number of hydrogen-bond acceptors (Lipinski definition) is 6. The van der Waals surface area contributed by atoms with Crippen molar-refractivity contribution in [3.05, 3.63) is 52.7 Å². The molecule has 4 aromatic rings. The Balaban J connectivity index is 2.07. The van der Waals surface area contributed by atoms with Crippen LogP contribution in [-0.4, -0.2) is 35.7 Å². The normalized spacial score (nSPS) is 11.3. The minimum absolute atomic E-state index is 0.0497. The summed E-state index contributed by atoms with van der Waals surface area (Å²) in [7, 11) is 5.61. The molecule has 144 valence electrons. The van der Waals surface area contributed by atoms with Gasteiger partial charge in [-0.15, -0.1) is 11.3 Å². The molecule has 0 N–H and O–H groups in total. The number of nitrogens with zero attached hydrogens (tertiary/aromatic N) is 4. The quantitative estimate of drug-likeness (QED) is 0.512. The Morgan fingerprint density at radius 2 is 1.93 bits per heavy atom. The molecule has 0 aliphatic heterocycles. The van der Waals surface area contributed by atoms with Gasteiger partial charge in [0.05, 0.1) is 23.9 Å². The predicted molar refractivity (Wildman–Crippen MR) is 115 cm³/mol. The van der Waals surface area contributed by atoms with E-state index in [4.69, 9.17) is 9.72 Å². The zero-order valence-electron chi connectivity index (χ0n) is 16.4. The van der Waals surface area contributed by atoms with E-state index in [1.54, 1.807) is 17.9 Å². The molecule has 3 heterocycles. The van der Waals surface area contributed by atoms with Crippen LogP contribution < -0.4 is 15.2 Å². The van der Waals surface area contributed by atoms with Crippen molar-refractivity contribution >= 4 is 37.5 Å². The highest BCUT2D eigenvalue weighted by Crippen LogP contribution is 2.35. The lowest BCUT2D eigenvalue weighted by Gasteiger charge is -2.15. The second-order valence-corrected chi connectivity index (χ2v) is 7.80. The number of benzene rings is 1. The molecule has 7 heteroatoms. The molecule has 0 amide bonds. The van der Waals surface area contributed by atoms with Gasteiger partial charge < -0.3 is 9.64 Å². The summed E-state index contributed by atoms with van der Waals surface area (Å²) in [6.45, 7) is 2.09. The molecule has 6 nitrogen and oxygen atoms in total. The van der Waals surface area contributed by atoms with Crippen molar-refractivity contribution in [2.24, 2.45) is 0 Å². The maximum atomic E-state index is 13.5. The Hall–Kier alpha value is -2.93. The van der Waals surface area contributed by atoms with Crippen molar-refractivity contribution in [2.45, 2.75) is 19.8 Å². The zero-order valence-corrected chi connectivity index (χ0v) is 17.2. The molecule has 0 unspecified atom stereocenters. The monoisotopic (exact) mass is 394 g/mol. The van der Waals surface area contributed by atoms with Gasteiger partial charge in [0.25, 0.3) is 5.56 Å². The summed E-state index contributed by atoms with van der Waals surface area (Å²) >= 11 is 1.40. The summed E-state index contributed by atoms with van der Waals surface area (Å²) in [5.41, 5.74) is 2.51. The standard InChI is InChI=1S/C21H22N4O2S/c1-5-6-16-23-18-17-15(24(2)3)11-12-22-20(17)28-19(18)21(26)25(16)13-7-9-14(27-4)10-8-13/h7-12H,5-6H2,1-4H3. The highest BCUT2D eigenvalue weighted by Gasteiger charge is 2.19. The number of aryl methyl sites for hydroxylation is 1. The molecule has 0 bridgehead atoms. The number of ether oxygens (including phenoxy) is 1. The van der Waals surface area contributed by atoms with Gasteiger partial charge in [0.2, 0.25) is 0 Å². The third-order valence-electron chi connectivity index (χ3n) is 4.73. The van der Waals surface area contributed by atoms with E-state index in [1.807, 2.05) is 49.3 Å². The van der Waals surface area contributed by atoms with Crippen LogP contribution >= 0.6 is 11.3 Å². The molecule has 4 rings (SSSR count). The van der Waals surface area contributed by atoms with Crippen molar-refractivity contribution in [3.8, 4) is 11.4 Å². The summed E-state index contributed by atoms with van der Waals surface area (Å²) in [6.07, 6.45) is 3.39.